The van der Waals surface area contributed by atoms with Crippen LogP contribution in [0.15, 0.2) is 78.9 Å². The number of phenolic OH excluding ortho intramolecular Hbond substituents is 3. The summed E-state index contributed by atoms with van der Waals surface area (Å²) < 4.78 is 51.7. The van der Waals surface area contributed by atoms with Gasteiger partial charge in [0.2, 0.25) is 53.4 Å². The summed E-state index contributed by atoms with van der Waals surface area (Å²) in [6, 6.07) is -0.452. The van der Waals surface area contributed by atoms with Crippen molar-refractivity contribution >= 4 is 70.5 Å². The summed E-state index contributed by atoms with van der Waals surface area (Å²) in [4.78, 5) is 120. The van der Waals surface area contributed by atoms with E-state index in [2.05, 4.69) is 37.2 Å². The smallest absolute Gasteiger partial charge is 0.330 e. The van der Waals surface area contributed by atoms with Gasteiger partial charge >= 0.3 is 5.97 Å². The molecular formula is C73H88Cl2N10O26. The van der Waals surface area contributed by atoms with Gasteiger partial charge in [-0.15, -0.1) is 0 Å². The van der Waals surface area contributed by atoms with Gasteiger partial charge in [-0.3, -0.25) is 33.6 Å². The number of carboxylic acids is 1. The number of ether oxygens (including phenoxy) is 8. The van der Waals surface area contributed by atoms with Crippen LogP contribution in [0.4, 0.5) is 0 Å². The number of aliphatic carboxylic acids is 1. The van der Waals surface area contributed by atoms with Gasteiger partial charge in [-0.25, -0.2) is 4.79 Å². The molecule has 1 unspecified atom stereocenters. The summed E-state index contributed by atoms with van der Waals surface area (Å²) in [5.41, 5.74) is 13.3. The topological polar surface area (TPSA) is 575 Å². The van der Waals surface area contributed by atoms with E-state index in [0.29, 0.717) is 0 Å². The third-order valence-electron chi connectivity index (χ3n) is 20.1. The number of hydrogen-bond acceptors (Lipinski definition) is 28. The number of carbonyl (C=O) groups excluding carboxylic acids is 7. The van der Waals surface area contributed by atoms with E-state index in [1.165, 1.54) is 65.1 Å². The summed E-state index contributed by atoms with van der Waals surface area (Å²) >= 11 is 14.5. The molecule has 7 amide bonds. The number of aliphatic hydroxyl groups excluding tert-OH is 6. The van der Waals surface area contributed by atoms with E-state index in [1.807, 2.05) is 13.8 Å². The molecule has 0 saturated carbocycles. The fraction of sp³-hybridized carbons (Fsp3) is 0.479. The number of aliphatic hydroxyl groups is 6. The summed E-state index contributed by atoms with van der Waals surface area (Å²) in [6.45, 7) is 8.58. The molecule has 5 aromatic carbocycles. The van der Waals surface area contributed by atoms with Gasteiger partial charge in [0.25, 0.3) is 0 Å². The van der Waals surface area contributed by atoms with E-state index in [4.69, 9.17) is 78.3 Å². The Morgan fingerprint density at radius 1 is 0.658 bits per heavy atom. The molecule has 111 heavy (non-hydrogen) atoms. The van der Waals surface area contributed by atoms with Gasteiger partial charge in [0.05, 0.1) is 53.5 Å². The Bertz CT molecular complexity index is 4420. The molecule has 5 aromatic rings. The van der Waals surface area contributed by atoms with Crippen molar-refractivity contribution in [1.29, 1.82) is 0 Å². The zero-order valence-electron chi connectivity index (χ0n) is 60.7. The largest absolute Gasteiger partial charge is 0.508 e. The molecule has 8 aliphatic heterocycles. The number of nitrogens with two attached hydrogens (primary N) is 3. The zero-order chi connectivity index (χ0) is 80.9. The highest BCUT2D eigenvalue weighted by atomic mass is 35.5. The Labute approximate surface area is 643 Å². The normalized spacial score (nSPS) is 32.1. The SMILES string of the molecule is CN[C@H](CC(C)C)C(=O)N[C@H]1C(=O)N[C@@H](CC(N)=O)C(=O)N[C@H]2C(=O)N[C@H]3C(=O)N[C@H](C(=O)N[C@@H](C(=O)O)c4cc(O)cc(O)c4-c4cc3ccc4O)[C@H](O[C@H]3C[C@](C)(N)[C@@H](O)[C@H](C)O3)c3ccc(c(Cl)c3)Oc3cc2cc(c3O[C@@H]2O[C@H](CO)[C@@H](O)C(O)[C@H]2O[C@H]2C[C@](C)(N)[C@@H](O)[C@H](C)O2)Oc2ccc(cc2Cl)[C@H]1O. The number of carbonyl (C=O) groups is 8. The Hall–Kier alpha value is -9.32. The highest BCUT2D eigenvalue weighted by molar-refractivity contribution is 6.32. The summed E-state index contributed by atoms with van der Waals surface area (Å²) in [6.07, 6.45) is -22.8. The first kappa shape index (κ1) is 82.6. The van der Waals surface area contributed by atoms with Crippen LogP contribution in [-0.2, 0) is 62.0 Å². The highest BCUT2D eigenvalue weighted by Crippen LogP contribution is 2.50. The maximum atomic E-state index is 16.4. The lowest BCUT2D eigenvalue weighted by Crippen LogP contribution is -2.64. The number of phenols is 3. The number of carboxylic acid groups (broad SMARTS) is 1. The fourth-order valence-corrected chi connectivity index (χ4v) is 14.7. The highest BCUT2D eigenvalue weighted by Gasteiger charge is 2.52. The molecule has 3 saturated heterocycles. The molecule has 23 N–H and O–H groups in total. The first-order chi connectivity index (χ1) is 52.3. The van der Waals surface area contributed by atoms with Crippen LogP contribution in [0, 0.1) is 5.92 Å². The number of nitrogens with one attached hydrogen (secondary N) is 7. The first-order valence-electron chi connectivity index (χ1n) is 35.3. The molecule has 0 spiro atoms. The van der Waals surface area contributed by atoms with Crippen molar-refractivity contribution in [2.45, 2.75) is 201 Å². The van der Waals surface area contributed by atoms with Crippen LogP contribution in [0.3, 0.4) is 0 Å². The number of hydrogen-bond donors (Lipinski definition) is 20. The molecule has 8 aliphatic rings. The maximum Gasteiger partial charge on any atom is 0.330 e. The van der Waals surface area contributed by atoms with Gasteiger partial charge in [-0.2, -0.15) is 0 Å². The van der Waals surface area contributed by atoms with E-state index < -0.39 is 261 Å². The van der Waals surface area contributed by atoms with E-state index in [-0.39, 0.29) is 52.6 Å². The number of likely N-dealkylation sites (N-methyl/N-ethyl adjacent to an activating group) is 1. The van der Waals surface area contributed by atoms with Crippen LogP contribution in [0.2, 0.25) is 10.0 Å². The van der Waals surface area contributed by atoms with E-state index >= 15 is 19.2 Å². The van der Waals surface area contributed by atoms with Gasteiger partial charge in [0.15, 0.2) is 36.2 Å². The van der Waals surface area contributed by atoms with Crippen LogP contribution in [-0.4, -0.2) is 215 Å². The minimum atomic E-state index is -2.38. The molecule has 8 heterocycles. The van der Waals surface area contributed by atoms with Crippen molar-refractivity contribution in [1.82, 2.24) is 37.2 Å². The third kappa shape index (κ3) is 17.7. The monoisotopic (exact) mass is 1590 g/mol. The lowest BCUT2D eigenvalue weighted by molar-refractivity contribution is -0.333. The first-order valence-corrected chi connectivity index (χ1v) is 36.1. The Kier molecular flexibility index (Phi) is 24.7. The summed E-state index contributed by atoms with van der Waals surface area (Å²) in [7, 11) is 1.47. The molecule has 22 atom stereocenters. The van der Waals surface area contributed by atoms with E-state index in [1.54, 1.807) is 0 Å². The number of fused-ring (bicyclic) bond motifs is 15. The van der Waals surface area contributed by atoms with E-state index in [0.717, 1.165) is 48.5 Å². The lowest BCUT2D eigenvalue weighted by Gasteiger charge is -2.47. The second-order valence-electron chi connectivity index (χ2n) is 29.3. The summed E-state index contributed by atoms with van der Waals surface area (Å²) in [5.74, 6) is -16.1. The predicted octanol–water partition coefficient (Wildman–Crippen LogP) is 0.344. The van der Waals surface area contributed by atoms with Crippen molar-refractivity contribution < 1.29 is 127 Å². The minimum Gasteiger partial charge on any atom is -0.508 e. The molecule has 36 nitrogen and oxygen atoms in total. The molecule has 600 valence electrons. The number of aromatic hydroxyl groups is 3. The van der Waals surface area contributed by atoms with Crippen molar-refractivity contribution in [2.75, 3.05) is 13.7 Å². The molecule has 11 bridgehead atoms. The number of benzene rings is 5. The summed E-state index contributed by atoms with van der Waals surface area (Å²) in [5, 5.41) is 131. The number of amides is 7. The quantitative estimate of drug-likeness (QED) is 0.0672. The Balaban J connectivity index is 1.19. The van der Waals surface area contributed by atoms with Crippen molar-refractivity contribution in [3.05, 3.63) is 117 Å². The Morgan fingerprint density at radius 3 is 1.79 bits per heavy atom. The molecule has 0 aromatic heterocycles. The lowest BCUT2D eigenvalue weighted by atomic mass is 9.86. The second kappa shape index (κ2) is 33.2. The van der Waals surface area contributed by atoms with Crippen LogP contribution in [0.1, 0.15) is 125 Å². The molecular weight excluding hydrogens is 1500 g/mol. The molecule has 38 heteroatoms. The molecule has 13 rings (SSSR count). The standard InChI is InChI=1S/C73H88Cl2N10O26/c1-26(2)14-38(79-7)64(96)84-54-56(91)30-9-12-42(36(74)16-30)106-44-18-32-19-45(60(44)111-71-61(58(93)57(92)46(25-86)108-71)110-49-24-73(6,78)63(95)28(4)105-49)107-43-13-10-31(17-37(43)75)59(109-48-23-72(5,77)62(94)27(3)104-48)55-69(101)83-53(70(102)103)35-20-33(87)21-41(89)50(35)34-15-29(8-11-40(34)88)51(66(98)85-55)82-67(99)52(32)81-65(97)39(22-47(76)90)80-68(54)100/h8-13,15-21,26-28,38-39,46,48-49,51-59,61-63,71,79,86-89,91-95H,14,22-25,77-78H2,1-7H3,(H2,76,90)(H,80,100)(H,81,97)(H,82,99)(H,83,101)(H,84,96)(H,85,98)(H,102,103)/t27-,28-,38+,39-,46+,48-,49-,51+,52+,53+,54+,55-,56+,57+,58?,59+,61+,62-,63-,71-,72-,73-/m0/s1. The average molecular weight is 1590 g/mol. The zero-order valence-corrected chi connectivity index (χ0v) is 62.2. The van der Waals surface area contributed by atoms with Gasteiger partial charge in [-0.05, 0) is 124 Å². The van der Waals surface area contributed by atoms with Crippen molar-refractivity contribution in [3.8, 4) is 57.1 Å². The predicted molar refractivity (Wildman–Crippen MR) is 386 cm³/mol. The molecule has 0 radical (unpaired) electrons. The minimum absolute atomic E-state index is 0.110. The fourth-order valence-electron chi connectivity index (χ4n) is 14.3. The second-order valence-corrected chi connectivity index (χ2v) is 30.1. The number of halogens is 2. The van der Waals surface area contributed by atoms with Crippen molar-refractivity contribution in [3.63, 3.8) is 0 Å². The van der Waals surface area contributed by atoms with Gasteiger partial charge < -0.3 is 143 Å². The van der Waals surface area contributed by atoms with Gasteiger partial charge in [-0.1, -0.05) is 55.2 Å². The van der Waals surface area contributed by atoms with Gasteiger partial charge in [0, 0.05) is 46.7 Å². The van der Waals surface area contributed by atoms with Crippen molar-refractivity contribution in [2.24, 2.45) is 23.1 Å². The van der Waals surface area contributed by atoms with Crippen LogP contribution in [0.5, 0.6) is 46.0 Å². The number of primary amides is 1. The van der Waals surface area contributed by atoms with E-state index in [9.17, 15) is 70.2 Å². The van der Waals surface area contributed by atoms with Crippen LogP contribution < -0.4 is 68.6 Å². The van der Waals surface area contributed by atoms with Crippen LogP contribution >= 0.6 is 23.2 Å². The molecule has 0 aliphatic carbocycles. The average Bonchev–Trinajstić information content (AvgIpc) is 0.763. The number of rotatable bonds is 15. The van der Waals surface area contributed by atoms with Crippen LogP contribution in [0.25, 0.3) is 11.1 Å². The molecule has 3 fully saturated rings. The third-order valence-corrected chi connectivity index (χ3v) is 20.7. The maximum absolute atomic E-state index is 16.4. The van der Waals surface area contributed by atoms with Gasteiger partial charge in [0.1, 0.15) is 89.5 Å². The Morgan fingerprint density at radius 2 is 1.23 bits per heavy atom.